The lowest BCUT2D eigenvalue weighted by atomic mass is 10.1. The molecule has 0 radical (unpaired) electrons. The Bertz CT molecular complexity index is 1140. The fourth-order valence-corrected chi connectivity index (χ4v) is 2.86. The molecule has 0 atom stereocenters. The molecule has 140 valence electrons. The van der Waals surface area contributed by atoms with Crippen molar-refractivity contribution in [3.05, 3.63) is 96.3 Å². The van der Waals surface area contributed by atoms with Crippen LogP contribution in [-0.4, -0.2) is 15.0 Å². The molecule has 0 fully saturated rings. The molecule has 0 saturated heterocycles. The summed E-state index contributed by atoms with van der Waals surface area (Å²) < 4.78 is 0. The average molecular weight is 378 g/mol. The highest BCUT2D eigenvalue weighted by molar-refractivity contribution is 5.68. The number of aromatic nitrogens is 3. The van der Waals surface area contributed by atoms with Gasteiger partial charge in [0, 0.05) is 30.6 Å². The van der Waals surface area contributed by atoms with Crippen LogP contribution in [0.2, 0.25) is 0 Å². The molecular formula is C23H18N6. The highest BCUT2D eigenvalue weighted by atomic mass is 15.1. The third kappa shape index (κ3) is 4.54. The minimum absolute atomic E-state index is 0.419. The highest BCUT2D eigenvalue weighted by Gasteiger charge is 2.09. The van der Waals surface area contributed by atoms with Crippen LogP contribution in [0.5, 0.6) is 0 Å². The van der Waals surface area contributed by atoms with Gasteiger partial charge in [-0.2, -0.15) is 10.2 Å². The molecule has 0 amide bonds. The Labute approximate surface area is 168 Å². The maximum Gasteiger partial charge on any atom is 0.229 e. The topological polar surface area (TPSA) is 86.5 Å². The van der Waals surface area contributed by atoms with Crippen LogP contribution >= 0.6 is 0 Å². The van der Waals surface area contributed by atoms with Crippen LogP contribution in [0.25, 0.3) is 11.3 Å². The summed E-state index contributed by atoms with van der Waals surface area (Å²) in [5, 5.41) is 15.8. The smallest absolute Gasteiger partial charge is 0.229 e. The Balaban J connectivity index is 1.67. The number of hydrogen-bond acceptors (Lipinski definition) is 6. The second-order valence-electron chi connectivity index (χ2n) is 6.33. The van der Waals surface area contributed by atoms with Crippen LogP contribution in [0.1, 0.15) is 11.1 Å². The molecule has 4 rings (SSSR count). The minimum atomic E-state index is 0.419. The number of nitrogens with zero attached hydrogens (tertiary/aromatic N) is 4. The van der Waals surface area contributed by atoms with Crippen LogP contribution in [0.15, 0.2) is 85.2 Å². The molecule has 6 nitrogen and oxygen atoms in total. The molecule has 2 N–H and O–H groups in total. The summed E-state index contributed by atoms with van der Waals surface area (Å²) in [7, 11) is 0. The van der Waals surface area contributed by atoms with Gasteiger partial charge in [0.05, 0.1) is 16.9 Å². The van der Waals surface area contributed by atoms with Crippen molar-refractivity contribution in [3.63, 3.8) is 0 Å². The zero-order valence-electron chi connectivity index (χ0n) is 15.6. The van der Waals surface area contributed by atoms with Gasteiger partial charge in [-0.3, -0.25) is 4.98 Å². The van der Waals surface area contributed by atoms with Gasteiger partial charge in [-0.25, -0.2) is 4.98 Å². The number of nitriles is 1. The monoisotopic (exact) mass is 378 g/mol. The summed E-state index contributed by atoms with van der Waals surface area (Å²) in [6.45, 7) is 0.591. The van der Waals surface area contributed by atoms with Gasteiger partial charge in [-0.15, -0.1) is 0 Å². The predicted molar refractivity (Wildman–Crippen MR) is 113 cm³/mol. The Hall–Kier alpha value is -4.24. The minimum Gasteiger partial charge on any atom is -0.366 e. The van der Waals surface area contributed by atoms with E-state index in [-0.39, 0.29) is 0 Å². The Morgan fingerprint density at radius 1 is 0.897 bits per heavy atom. The Morgan fingerprint density at radius 2 is 1.72 bits per heavy atom. The fourth-order valence-electron chi connectivity index (χ4n) is 2.86. The van der Waals surface area contributed by atoms with Gasteiger partial charge in [0.25, 0.3) is 0 Å². The molecule has 0 bridgehead atoms. The van der Waals surface area contributed by atoms with Crippen LogP contribution < -0.4 is 10.6 Å². The predicted octanol–water partition coefficient (Wildman–Crippen LogP) is 4.77. The molecule has 2 aromatic heterocycles. The van der Waals surface area contributed by atoms with Crippen molar-refractivity contribution in [2.45, 2.75) is 6.54 Å². The fraction of sp³-hybridized carbons (Fsp3) is 0.0435. The van der Waals surface area contributed by atoms with Gasteiger partial charge in [0.1, 0.15) is 11.9 Å². The maximum absolute atomic E-state index is 9.34. The zero-order chi connectivity index (χ0) is 19.9. The lowest BCUT2D eigenvalue weighted by Crippen LogP contribution is -2.06. The van der Waals surface area contributed by atoms with Gasteiger partial charge >= 0.3 is 0 Å². The number of rotatable bonds is 6. The largest absolute Gasteiger partial charge is 0.366 e. The molecule has 2 heterocycles. The van der Waals surface area contributed by atoms with Crippen molar-refractivity contribution in [1.82, 2.24) is 15.0 Å². The molecule has 0 unspecified atom stereocenters. The van der Waals surface area contributed by atoms with Crippen molar-refractivity contribution in [2.75, 3.05) is 10.6 Å². The maximum atomic E-state index is 9.34. The van der Waals surface area contributed by atoms with Crippen LogP contribution in [0.4, 0.5) is 17.5 Å². The quantitative estimate of drug-likeness (QED) is 0.503. The van der Waals surface area contributed by atoms with E-state index in [9.17, 15) is 5.26 Å². The van der Waals surface area contributed by atoms with Crippen molar-refractivity contribution in [3.8, 4) is 17.3 Å². The van der Waals surface area contributed by atoms with Crippen molar-refractivity contribution >= 4 is 17.5 Å². The zero-order valence-corrected chi connectivity index (χ0v) is 15.6. The molecule has 6 heteroatoms. The second kappa shape index (κ2) is 8.63. The second-order valence-corrected chi connectivity index (χ2v) is 6.33. The molecular weight excluding hydrogens is 360 g/mol. The highest BCUT2D eigenvalue weighted by Crippen LogP contribution is 2.24. The molecule has 0 aliphatic carbocycles. The van der Waals surface area contributed by atoms with E-state index in [4.69, 9.17) is 0 Å². The van der Waals surface area contributed by atoms with Crippen LogP contribution in [-0.2, 0) is 6.54 Å². The van der Waals surface area contributed by atoms with E-state index in [1.807, 2.05) is 72.9 Å². The van der Waals surface area contributed by atoms with Gasteiger partial charge in [-0.05, 0) is 23.8 Å². The van der Waals surface area contributed by atoms with Crippen LogP contribution in [0.3, 0.4) is 0 Å². The van der Waals surface area contributed by atoms with E-state index in [0.29, 0.717) is 29.6 Å². The summed E-state index contributed by atoms with van der Waals surface area (Å²) in [5.74, 6) is 1.10. The first-order valence-electron chi connectivity index (χ1n) is 9.15. The van der Waals surface area contributed by atoms with Crippen LogP contribution in [0, 0.1) is 11.3 Å². The molecule has 0 aliphatic heterocycles. The SMILES string of the molecule is N#Cc1ccccc1Nc1nc(NCc2cccnc2)cc(-c2ccccc2)n1. The Morgan fingerprint density at radius 3 is 2.52 bits per heavy atom. The molecule has 0 aliphatic rings. The van der Waals surface area contributed by atoms with E-state index in [2.05, 4.69) is 31.7 Å². The molecule has 0 saturated carbocycles. The van der Waals surface area contributed by atoms with E-state index < -0.39 is 0 Å². The van der Waals surface area contributed by atoms with Crippen molar-refractivity contribution in [2.24, 2.45) is 0 Å². The van der Waals surface area contributed by atoms with E-state index in [1.54, 1.807) is 12.3 Å². The van der Waals surface area contributed by atoms with Gasteiger partial charge in [-0.1, -0.05) is 48.5 Å². The van der Waals surface area contributed by atoms with E-state index in [1.165, 1.54) is 0 Å². The first-order chi connectivity index (χ1) is 14.3. The molecule has 29 heavy (non-hydrogen) atoms. The standard InChI is InChI=1S/C23H18N6/c24-14-19-10-4-5-11-20(19)27-23-28-21(18-8-2-1-3-9-18)13-22(29-23)26-16-17-7-6-12-25-15-17/h1-13,15H,16H2,(H2,26,27,28,29). The summed E-state index contributed by atoms with van der Waals surface area (Å²) in [4.78, 5) is 13.4. The first-order valence-corrected chi connectivity index (χ1v) is 9.15. The molecule has 0 spiro atoms. The number of para-hydroxylation sites is 1. The number of pyridine rings is 1. The van der Waals surface area contributed by atoms with Gasteiger partial charge < -0.3 is 10.6 Å². The van der Waals surface area contributed by atoms with Crippen molar-refractivity contribution in [1.29, 1.82) is 5.26 Å². The third-order valence-electron chi connectivity index (χ3n) is 4.29. The third-order valence-corrected chi connectivity index (χ3v) is 4.29. The number of benzene rings is 2. The van der Waals surface area contributed by atoms with E-state index in [0.717, 1.165) is 16.8 Å². The van der Waals surface area contributed by atoms with Gasteiger partial charge in [0.15, 0.2) is 0 Å². The summed E-state index contributed by atoms with van der Waals surface area (Å²) in [5.41, 5.74) is 4.02. The number of hydrogen-bond donors (Lipinski definition) is 2. The number of nitrogens with one attached hydrogen (secondary N) is 2. The molecule has 2 aromatic carbocycles. The van der Waals surface area contributed by atoms with Gasteiger partial charge in [0.2, 0.25) is 5.95 Å². The van der Waals surface area contributed by atoms with Crippen molar-refractivity contribution < 1.29 is 0 Å². The summed E-state index contributed by atoms with van der Waals surface area (Å²) >= 11 is 0. The lowest BCUT2D eigenvalue weighted by Gasteiger charge is -2.12. The first kappa shape index (κ1) is 18.1. The summed E-state index contributed by atoms with van der Waals surface area (Å²) in [6.07, 6.45) is 3.56. The lowest BCUT2D eigenvalue weighted by molar-refractivity contribution is 1.07. The molecule has 4 aromatic rings. The number of anilines is 3. The van der Waals surface area contributed by atoms with E-state index >= 15 is 0 Å². The summed E-state index contributed by atoms with van der Waals surface area (Å²) in [6, 6.07) is 25.2. The normalized spacial score (nSPS) is 10.2. The Kier molecular flexibility index (Phi) is 5.40. The average Bonchev–Trinajstić information content (AvgIpc) is 2.79.